The van der Waals surface area contributed by atoms with Gasteiger partial charge in [-0.25, -0.2) is 14.1 Å². The Hall–Kier alpha value is -3.26. The molecule has 4 rings (SSSR count). The summed E-state index contributed by atoms with van der Waals surface area (Å²) in [6.45, 7) is 5.34. The van der Waals surface area contributed by atoms with E-state index in [0.29, 0.717) is 48.6 Å². The third kappa shape index (κ3) is 4.74. The van der Waals surface area contributed by atoms with Gasteiger partial charge in [0.25, 0.3) is 5.91 Å². The molecule has 0 saturated carbocycles. The van der Waals surface area contributed by atoms with Crippen molar-refractivity contribution in [3.63, 3.8) is 0 Å². The number of aromatic nitrogens is 3. The second-order valence-electron chi connectivity index (χ2n) is 7.93. The number of nitrogens with zero attached hydrogens (tertiary/aromatic N) is 4. The maximum absolute atomic E-state index is 14.6. The topological polar surface area (TPSA) is 83.3 Å². The number of benzene rings is 1. The van der Waals surface area contributed by atoms with Crippen LogP contribution >= 0.6 is 0 Å². The van der Waals surface area contributed by atoms with Crippen LogP contribution in [0.25, 0.3) is 5.82 Å². The van der Waals surface area contributed by atoms with E-state index in [4.69, 9.17) is 0 Å². The Bertz CT molecular complexity index is 1070. The lowest BCUT2D eigenvalue weighted by atomic mass is 10.1. The Kier molecular flexibility index (Phi) is 5.99. The Morgan fingerprint density at radius 1 is 1.19 bits per heavy atom. The highest BCUT2D eigenvalue weighted by Gasteiger charge is 2.20. The Morgan fingerprint density at radius 3 is 2.58 bits per heavy atom. The standard InChI is InChI=1S/C23H26FN5O2/c1-15-11-16(2)29(27-15)22-6-4-18(14-25-22)23(31)26-13-17-3-5-21(20(24)12-17)28-9-7-19(30)8-10-28/h3-6,11-12,14,19,30H,7-10,13H2,1-2H3,(H,26,31). The molecule has 1 fully saturated rings. The van der Waals surface area contributed by atoms with Crippen LogP contribution in [0, 0.1) is 19.7 Å². The molecule has 1 aliphatic rings. The summed E-state index contributed by atoms with van der Waals surface area (Å²) in [4.78, 5) is 18.8. The molecule has 0 aliphatic carbocycles. The van der Waals surface area contributed by atoms with Crippen LogP contribution < -0.4 is 10.2 Å². The highest BCUT2D eigenvalue weighted by molar-refractivity contribution is 5.93. The second-order valence-corrected chi connectivity index (χ2v) is 7.93. The largest absolute Gasteiger partial charge is 0.393 e. The van der Waals surface area contributed by atoms with Crippen molar-refractivity contribution in [2.24, 2.45) is 0 Å². The first-order valence-electron chi connectivity index (χ1n) is 10.4. The minimum Gasteiger partial charge on any atom is -0.393 e. The summed E-state index contributed by atoms with van der Waals surface area (Å²) in [7, 11) is 0. The number of hydrogen-bond donors (Lipinski definition) is 2. The van der Waals surface area contributed by atoms with Crippen molar-refractivity contribution < 1.29 is 14.3 Å². The van der Waals surface area contributed by atoms with Crippen molar-refractivity contribution in [1.29, 1.82) is 0 Å². The Balaban J connectivity index is 1.37. The number of aryl methyl sites for hydroxylation is 2. The maximum Gasteiger partial charge on any atom is 0.253 e. The summed E-state index contributed by atoms with van der Waals surface area (Å²) in [5, 5.41) is 16.8. The highest BCUT2D eigenvalue weighted by Crippen LogP contribution is 2.24. The van der Waals surface area contributed by atoms with Crippen LogP contribution in [-0.2, 0) is 6.54 Å². The van der Waals surface area contributed by atoms with Crippen molar-refractivity contribution in [2.75, 3.05) is 18.0 Å². The fraction of sp³-hybridized carbons (Fsp3) is 0.348. The van der Waals surface area contributed by atoms with Crippen LogP contribution in [-0.4, -0.2) is 45.0 Å². The van der Waals surface area contributed by atoms with Gasteiger partial charge in [-0.1, -0.05) is 6.07 Å². The van der Waals surface area contributed by atoms with Gasteiger partial charge in [0, 0.05) is 31.5 Å². The number of piperidine rings is 1. The molecule has 3 heterocycles. The minimum absolute atomic E-state index is 0.216. The fourth-order valence-corrected chi connectivity index (χ4v) is 3.81. The monoisotopic (exact) mass is 423 g/mol. The molecule has 31 heavy (non-hydrogen) atoms. The van der Waals surface area contributed by atoms with Crippen LogP contribution in [0.2, 0.25) is 0 Å². The van der Waals surface area contributed by atoms with Crippen LogP contribution in [0.3, 0.4) is 0 Å². The zero-order valence-electron chi connectivity index (χ0n) is 17.7. The van der Waals surface area contributed by atoms with Crippen molar-refractivity contribution >= 4 is 11.6 Å². The van der Waals surface area contributed by atoms with E-state index in [1.54, 1.807) is 22.9 Å². The molecule has 2 aromatic heterocycles. The molecule has 0 spiro atoms. The van der Waals surface area contributed by atoms with Gasteiger partial charge < -0.3 is 15.3 Å². The molecule has 1 aromatic carbocycles. The maximum atomic E-state index is 14.6. The molecule has 1 aliphatic heterocycles. The summed E-state index contributed by atoms with van der Waals surface area (Å²) in [5.74, 6) is 0.0472. The van der Waals surface area contributed by atoms with Gasteiger partial charge in [0.1, 0.15) is 5.82 Å². The van der Waals surface area contributed by atoms with E-state index >= 15 is 0 Å². The van der Waals surface area contributed by atoms with Crippen LogP contribution in [0.5, 0.6) is 0 Å². The number of pyridine rings is 1. The quantitative estimate of drug-likeness (QED) is 0.659. The van der Waals surface area contributed by atoms with Crippen molar-refractivity contribution in [2.45, 2.75) is 39.3 Å². The number of carbonyl (C=O) groups is 1. The Labute approximate surface area is 180 Å². The number of anilines is 1. The number of halogens is 1. The number of aliphatic hydroxyl groups excluding tert-OH is 1. The smallest absolute Gasteiger partial charge is 0.253 e. The summed E-state index contributed by atoms with van der Waals surface area (Å²) < 4.78 is 16.3. The fourth-order valence-electron chi connectivity index (χ4n) is 3.81. The van der Waals surface area contributed by atoms with E-state index in [0.717, 1.165) is 11.4 Å². The van der Waals surface area contributed by atoms with Gasteiger partial charge in [-0.05, 0) is 62.6 Å². The van der Waals surface area contributed by atoms with E-state index in [1.165, 1.54) is 12.3 Å². The predicted octanol–water partition coefficient (Wildman–Crippen LogP) is 2.91. The molecular formula is C23H26FN5O2. The molecule has 0 unspecified atom stereocenters. The second kappa shape index (κ2) is 8.85. The SMILES string of the molecule is Cc1cc(C)n(-c2ccc(C(=O)NCc3ccc(N4CCC(O)CC4)c(F)c3)cn2)n1. The van der Waals surface area contributed by atoms with Crippen LogP contribution in [0.1, 0.15) is 40.2 Å². The number of hydrogen-bond acceptors (Lipinski definition) is 5. The third-order valence-corrected chi connectivity index (χ3v) is 5.51. The number of carbonyl (C=O) groups excluding carboxylic acids is 1. The van der Waals surface area contributed by atoms with E-state index in [9.17, 15) is 14.3 Å². The molecule has 0 atom stereocenters. The molecule has 0 bridgehead atoms. The lowest BCUT2D eigenvalue weighted by Gasteiger charge is -2.31. The predicted molar refractivity (Wildman–Crippen MR) is 116 cm³/mol. The lowest BCUT2D eigenvalue weighted by Crippen LogP contribution is -2.36. The van der Waals surface area contributed by atoms with Gasteiger partial charge >= 0.3 is 0 Å². The van der Waals surface area contributed by atoms with Crippen molar-refractivity contribution in [3.05, 3.63) is 70.9 Å². The number of aliphatic hydroxyl groups is 1. The lowest BCUT2D eigenvalue weighted by molar-refractivity contribution is 0.0950. The van der Waals surface area contributed by atoms with E-state index in [1.807, 2.05) is 30.9 Å². The first kappa shape index (κ1) is 21.0. The average Bonchev–Trinajstić information content (AvgIpc) is 3.11. The first-order valence-corrected chi connectivity index (χ1v) is 10.4. The van der Waals surface area contributed by atoms with Gasteiger partial charge in [-0.15, -0.1) is 0 Å². The average molecular weight is 423 g/mol. The van der Waals surface area contributed by atoms with Crippen molar-refractivity contribution in [1.82, 2.24) is 20.1 Å². The minimum atomic E-state index is -0.320. The zero-order chi connectivity index (χ0) is 22.0. The third-order valence-electron chi connectivity index (χ3n) is 5.51. The highest BCUT2D eigenvalue weighted by atomic mass is 19.1. The molecule has 3 aromatic rings. The first-order chi connectivity index (χ1) is 14.9. The molecule has 162 valence electrons. The number of nitrogens with one attached hydrogen (secondary N) is 1. The van der Waals surface area contributed by atoms with Gasteiger partial charge in [0.2, 0.25) is 0 Å². The summed E-state index contributed by atoms with van der Waals surface area (Å²) in [6.07, 6.45) is 2.49. The van der Waals surface area contributed by atoms with Gasteiger partial charge in [0.05, 0.1) is 23.0 Å². The Morgan fingerprint density at radius 2 is 1.97 bits per heavy atom. The normalized spacial score (nSPS) is 14.6. The molecule has 7 nitrogen and oxygen atoms in total. The molecule has 2 N–H and O–H groups in total. The molecule has 1 saturated heterocycles. The van der Waals surface area contributed by atoms with Gasteiger partial charge in [0.15, 0.2) is 5.82 Å². The molecule has 8 heteroatoms. The molecular weight excluding hydrogens is 397 g/mol. The van der Waals surface area contributed by atoms with Gasteiger partial charge in [-0.2, -0.15) is 5.10 Å². The summed E-state index contributed by atoms with van der Waals surface area (Å²) >= 11 is 0. The zero-order valence-corrected chi connectivity index (χ0v) is 17.7. The van der Waals surface area contributed by atoms with Crippen LogP contribution in [0.15, 0.2) is 42.6 Å². The van der Waals surface area contributed by atoms with Crippen molar-refractivity contribution in [3.8, 4) is 5.82 Å². The summed E-state index contributed by atoms with van der Waals surface area (Å²) in [6, 6.07) is 10.4. The van der Waals surface area contributed by atoms with Crippen LogP contribution in [0.4, 0.5) is 10.1 Å². The van der Waals surface area contributed by atoms with E-state index < -0.39 is 0 Å². The van der Waals surface area contributed by atoms with Gasteiger partial charge in [-0.3, -0.25) is 4.79 Å². The summed E-state index contributed by atoms with van der Waals surface area (Å²) in [5.41, 5.74) is 3.50. The number of rotatable bonds is 5. The molecule has 1 amide bonds. The number of amides is 1. The molecule has 0 radical (unpaired) electrons. The van der Waals surface area contributed by atoms with E-state index in [2.05, 4.69) is 15.4 Å². The van der Waals surface area contributed by atoms with E-state index in [-0.39, 0.29) is 24.4 Å².